The average molecular weight is 353 g/mol. The lowest BCUT2D eigenvalue weighted by Crippen LogP contribution is -2.37. The van der Waals surface area contributed by atoms with Gasteiger partial charge in [-0.25, -0.2) is 9.69 Å². The van der Waals surface area contributed by atoms with Crippen molar-refractivity contribution >= 4 is 35.2 Å². The molecule has 1 aliphatic heterocycles. The minimum atomic E-state index is -0.982. The molecule has 0 unspecified atom stereocenters. The molecule has 1 saturated heterocycles. The third-order valence-electron chi connectivity index (χ3n) is 3.65. The van der Waals surface area contributed by atoms with Crippen LogP contribution in [-0.2, 0) is 9.59 Å². The summed E-state index contributed by atoms with van der Waals surface area (Å²) in [5.74, 6) is -1.97. The summed E-state index contributed by atoms with van der Waals surface area (Å²) in [6.07, 6.45) is 1.37. The Bertz CT molecular complexity index is 704. The molecule has 128 valence electrons. The molecule has 1 aromatic carbocycles. The largest absolute Gasteiger partial charge is 0.495 e. The van der Waals surface area contributed by atoms with Crippen LogP contribution in [-0.4, -0.2) is 53.6 Å². The van der Waals surface area contributed by atoms with Crippen LogP contribution in [0.5, 0.6) is 5.75 Å². The molecule has 0 saturated carbocycles. The molecule has 0 radical (unpaired) electrons. The van der Waals surface area contributed by atoms with Gasteiger partial charge in [0.1, 0.15) is 5.75 Å². The average Bonchev–Trinajstić information content (AvgIpc) is 2.76. The molecule has 1 heterocycles. The zero-order valence-electron chi connectivity index (χ0n) is 13.4. The van der Waals surface area contributed by atoms with Gasteiger partial charge in [0.15, 0.2) is 5.78 Å². The van der Waals surface area contributed by atoms with Crippen LogP contribution < -0.4 is 4.74 Å². The Balaban J connectivity index is 2.13. The third-order valence-corrected chi connectivity index (χ3v) is 3.94. The Labute approximate surface area is 144 Å². The number of ether oxygens (including phenoxy) is 1. The van der Waals surface area contributed by atoms with Crippen LogP contribution in [0.3, 0.4) is 0 Å². The number of carbonyl (C=O) groups excluding carboxylic acids is 4. The maximum atomic E-state index is 12.3. The molecule has 0 bridgehead atoms. The zero-order chi connectivity index (χ0) is 17.9. The van der Waals surface area contributed by atoms with Crippen LogP contribution in [0.15, 0.2) is 18.2 Å². The highest BCUT2D eigenvalue weighted by Gasteiger charge is 2.44. The number of imide groups is 2. The molecule has 7 nitrogen and oxygen atoms in total. The number of rotatable bonds is 7. The number of urea groups is 1. The molecule has 8 heteroatoms. The number of hydrogen-bond acceptors (Lipinski definition) is 5. The molecule has 24 heavy (non-hydrogen) atoms. The quantitative estimate of drug-likeness (QED) is 0.426. The lowest BCUT2D eigenvalue weighted by Gasteiger charge is -2.14. The maximum Gasteiger partial charge on any atom is 0.334 e. The monoisotopic (exact) mass is 352 g/mol. The highest BCUT2D eigenvalue weighted by molar-refractivity contribution is 6.45. The summed E-state index contributed by atoms with van der Waals surface area (Å²) in [6.45, 7) is 1.56. The normalized spacial score (nSPS) is 14.5. The zero-order valence-corrected chi connectivity index (χ0v) is 14.1. The van der Waals surface area contributed by atoms with Crippen molar-refractivity contribution in [1.29, 1.82) is 0 Å². The van der Waals surface area contributed by atoms with Crippen LogP contribution in [0.25, 0.3) is 0 Å². The maximum absolute atomic E-state index is 12.3. The van der Waals surface area contributed by atoms with Crippen LogP contribution in [0.4, 0.5) is 4.79 Å². The first kappa shape index (κ1) is 17.9. The van der Waals surface area contributed by atoms with E-state index in [4.69, 9.17) is 16.3 Å². The second-order valence-corrected chi connectivity index (χ2v) is 5.66. The van der Waals surface area contributed by atoms with Gasteiger partial charge in [0.05, 0.1) is 18.7 Å². The minimum absolute atomic E-state index is 0.166. The van der Waals surface area contributed by atoms with E-state index in [0.717, 1.165) is 11.3 Å². The van der Waals surface area contributed by atoms with E-state index >= 15 is 0 Å². The van der Waals surface area contributed by atoms with E-state index < -0.39 is 30.2 Å². The van der Waals surface area contributed by atoms with Crippen molar-refractivity contribution in [3.63, 3.8) is 0 Å². The molecular weight excluding hydrogens is 336 g/mol. The highest BCUT2D eigenvalue weighted by Crippen LogP contribution is 2.25. The van der Waals surface area contributed by atoms with Gasteiger partial charge in [-0.15, -0.1) is 0 Å². The number of carbonyl (C=O) groups is 4. The summed E-state index contributed by atoms with van der Waals surface area (Å²) in [4.78, 5) is 49.8. The lowest BCUT2D eigenvalue weighted by atomic mass is 10.1. The number of nitrogens with zero attached hydrogens (tertiary/aromatic N) is 2. The van der Waals surface area contributed by atoms with E-state index in [-0.39, 0.29) is 17.1 Å². The standard InChI is InChI=1S/C16H17ClN2O5/c1-3-4-7-18-14(21)15(22)19(16(18)23)9-12(20)10-5-6-13(24-2)11(17)8-10/h5-6,8H,3-4,7,9H2,1-2H3. The van der Waals surface area contributed by atoms with E-state index in [9.17, 15) is 19.2 Å². The molecule has 2 rings (SSSR count). The van der Waals surface area contributed by atoms with Gasteiger partial charge in [-0.2, -0.15) is 0 Å². The fourth-order valence-electron chi connectivity index (χ4n) is 2.28. The molecule has 0 N–H and O–H groups in total. The molecule has 0 aliphatic carbocycles. The van der Waals surface area contributed by atoms with Crippen molar-refractivity contribution < 1.29 is 23.9 Å². The Morgan fingerprint density at radius 1 is 1.17 bits per heavy atom. The van der Waals surface area contributed by atoms with Crippen molar-refractivity contribution in [3.8, 4) is 5.75 Å². The van der Waals surface area contributed by atoms with Crippen molar-refractivity contribution in [2.75, 3.05) is 20.2 Å². The van der Waals surface area contributed by atoms with Gasteiger partial charge < -0.3 is 4.74 Å². The predicted octanol–water partition coefficient (Wildman–Crippen LogP) is 2.12. The van der Waals surface area contributed by atoms with Gasteiger partial charge in [0.2, 0.25) is 0 Å². The van der Waals surface area contributed by atoms with Crippen molar-refractivity contribution in [1.82, 2.24) is 9.80 Å². The SMILES string of the molecule is CCCCN1C(=O)C(=O)N(CC(=O)c2ccc(OC)c(Cl)c2)C1=O. The van der Waals surface area contributed by atoms with Gasteiger partial charge in [0.25, 0.3) is 0 Å². The Morgan fingerprint density at radius 2 is 1.83 bits per heavy atom. The van der Waals surface area contributed by atoms with E-state index in [1.165, 1.54) is 25.3 Å². The summed E-state index contributed by atoms with van der Waals surface area (Å²) >= 11 is 5.96. The number of halogens is 1. The van der Waals surface area contributed by atoms with Gasteiger partial charge in [0, 0.05) is 12.1 Å². The lowest BCUT2D eigenvalue weighted by molar-refractivity contribution is -0.143. The molecule has 0 aromatic heterocycles. The van der Waals surface area contributed by atoms with Crippen molar-refractivity contribution in [2.24, 2.45) is 0 Å². The Hall–Kier alpha value is -2.41. The topological polar surface area (TPSA) is 84.0 Å². The second kappa shape index (κ2) is 7.44. The number of amides is 4. The van der Waals surface area contributed by atoms with E-state index in [2.05, 4.69) is 0 Å². The van der Waals surface area contributed by atoms with Gasteiger partial charge in [-0.1, -0.05) is 24.9 Å². The first-order valence-electron chi connectivity index (χ1n) is 7.44. The van der Waals surface area contributed by atoms with E-state index in [0.29, 0.717) is 17.1 Å². The summed E-state index contributed by atoms with van der Waals surface area (Å²) in [5.41, 5.74) is 0.223. The number of methoxy groups -OCH3 is 1. The first-order valence-corrected chi connectivity index (χ1v) is 7.82. The molecule has 0 spiro atoms. The number of hydrogen-bond donors (Lipinski definition) is 0. The second-order valence-electron chi connectivity index (χ2n) is 5.26. The predicted molar refractivity (Wildman–Crippen MR) is 86.1 cm³/mol. The summed E-state index contributed by atoms with van der Waals surface area (Å²) < 4.78 is 5.00. The van der Waals surface area contributed by atoms with Crippen molar-refractivity contribution in [2.45, 2.75) is 19.8 Å². The minimum Gasteiger partial charge on any atom is -0.495 e. The Kier molecular flexibility index (Phi) is 5.56. The summed E-state index contributed by atoms with van der Waals surface area (Å²) in [5, 5.41) is 0.239. The number of benzene rings is 1. The number of unbranched alkanes of at least 4 members (excludes halogenated alkanes) is 1. The molecule has 1 fully saturated rings. The molecule has 1 aromatic rings. The first-order chi connectivity index (χ1) is 11.4. The van der Waals surface area contributed by atoms with Crippen LogP contribution in [0, 0.1) is 0 Å². The fourth-order valence-corrected chi connectivity index (χ4v) is 2.54. The summed E-state index contributed by atoms with van der Waals surface area (Å²) in [7, 11) is 1.45. The van der Waals surface area contributed by atoms with Gasteiger partial charge >= 0.3 is 17.8 Å². The molecule has 1 aliphatic rings. The van der Waals surface area contributed by atoms with Gasteiger partial charge in [-0.3, -0.25) is 19.3 Å². The van der Waals surface area contributed by atoms with Gasteiger partial charge in [-0.05, 0) is 24.6 Å². The smallest absolute Gasteiger partial charge is 0.334 e. The molecular formula is C16H17ClN2O5. The highest BCUT2D eigenvalue weighted by atomic mass is 35.5. The number of ketones is 1. The van der Waals surface area contributed by atoms with E-state index in [1.807, 2.05) is 6.92 Å². The summed E-state index contributed by atoms with van der Waals surface area (Å²) in [6, 6.07) is 3.63. The van der Waals surface area contributed by atoms with Crippen LogP contribution in [0.2, 0.25) is 5.02 Å². The fraction of sp³-hybridized carbons (Fsp3) is 0.375. The molecule has 0 atom stereocenters. The van der Waals surface area contributed by atoms with Crippen LogP contribution in [0.1, 0.15) is 30.1 Å². The van der Waals surface area contributed by atoms with Crippen LogP contribution >= 0.6 is 11.6 Å². The Morgan fingerprint density at radius 3 is 2.42 bits per heavy atom. The third kappa shape index (κ3) is 3.41. The van der Waals surface area contributed by atoms with Crippen molar-refractivity contribution in [3.05, 3.63) is 28.8 Å². The number of Topliss-reactive ketones (excluding diaryl/α,β-unsaturated/α-hetero) is 1. The molecule has 4 amide bonds. The van der Waals surface area contributed by atoms with E-state index in [1.54, 1.807) is 0 Å².